The predicted molar refractivity (Wildman–Crippen MR) is 111 cm³/mol. The van der Waals surface area contributed by atoms with Crippen molar-refractivity contribution in [1.29, 1.82) is 0 Å². The first kappa shape index (κ1) is 22.3. The molecule has 9 nitrogen and oxygen atoms in total. The molecule has 0 unspecified atom stereocenters. The third-order valence-corrected chi connectivity index (χ3v) is 5.38. The number of likely N-dealkylation sites (N-methyl/N-ethyl adjacent to an activating group) is 1. The highest BCUT2D eigenvalue weighted by Gasteiger charge is 2.22. The Labute approximate surface area is 172 Å². The van der Waals surface area contributed by atoms with Crippen molar-refractivity contribution in [3.8, 4) is 5.69 Å². The van der Waals surface area contributed by atoms with Crippen LogP contribution in [0.5, 0.6) is 0 Å². The third-order valence-electron chi connectivity index (χ3n) is 4.27. The van der Waals surface area contributed by atoms with E-state index in [0.29, 0.717) is 11.4 Å². The minimum absolute atomic E-state index is 0.0897. The molecule has 0 aliphatic carbocycles. The summed E-state index contributed by atoms with van der Waals surface area (Å²) < 4.78 is 7.93. The van der Waals surface area contributed by atoms with E-state index >= 15 is 0 Å². The van der Waals surface area contributed by atoms with E-state index in [2.05, 4.69) is 10.6 Å². The van der Waals surface area contributed by atoms with Crippen molar-refractivity contribution in [2.75, 3.05) is 24.7 Å². The number of amides is 2. The van der Waals surface area contributed by atoms with Gasteiger partial charge in [0, 0.05) is 14.1 Å². The summed E-state index contributed by atoms with van der Waals surface area (Å²) in [5, 5.41) is 4.40. The molecule has 0 radical (unpaired) electrons. The highest BCUT2D eigenvalue weighted by molar-refractivity contribution is 8.01. The Bertz CT molecular complexity index is 951. The van der Waals surface area contributed by atoms with Crippen LogP contribution in [-0.2, 0) is 26.2 Å². The van der Waals surface area contributed by atoms with Gasteiger partial charge < -0.3 is 15.4 Å². The van der Waals surface area contributed by atoms with E-state index in [1.54, 1.807) is 37.7 Å². The number of ether oxygens (including phenoxy) is 1. The maximum atomic E-state index is 12.8. The zero-order chi connectivity index (χ0) is 21.6. The van der Waals surface area contributed by atoms with Gasteiger partial charge in [0.2, 0.25) is 5.91 Å². The summed E-state index contributed by atoms with van der Waals surface area (Å²) in [5.41, 5.74) is 1.14. The number of carbonyl (C=O) groups excluding carboxylic acids is 3. The molecule has 0 bridgehead atoms. The van der Waals surface area contributed by atoms with Crippen LogP contribution < -0.4 is 16.2 Å². The van der Waals surface area contributed by atoms with Gasteiger partial charge in [-0.2, -0.15) is 0 Å². The number of thioether (sulfide) groups is 1. The van der Waals surface area contributed by atoms with Gasteiger partial charge in [0.1, 0.15) is 5.69 Å². The largest absolute Gasteiger partial charge is 0.455 e. The van der Waals surface area contributed by atoms with Crippen LogP contribution in [0.1, 0.15) is 12.6 Å². The fourth-order valence-electron chi connectivity index (χ4n) is 2.47. The number of anilines is 1. The first-order valence-electron chi connectivity index (χ1n) is 8.89. The normalized spacial score (nSPS) is 11.6. The summed E-state index contributed by atoms with van der Waals surface area (Å²) in [6.07, 6.45) is 0. The first-order valence-corrected chi connectivity index (χ1v) is 9.93. The molecule has 2 N–H and O–H groups in total. The maximum absolute atomic E-state index is 12.8. The molecule has 1 heterocycles. The molecule has 0 spiro atoms. The summed E-state index contributed by atoms with van der Waals surface area (Å²) in [7, 11) is 3.18. The van der Waals surface area contributed by atoms with Crippen LogP contribution in [0.4, 0.5) is 5.69 Å². The number of para-hydroxylation sites is 1. The molecule has 1 atom stereocenters. The van der Waals surface area contributed by atoms with Gasteiger partial charge in [-0.3, -0.25) is 23.9 Å². The molecular weight excluding hydrogens is 396 g/mol. The number of rotatable bonds is 8. The van der Waals surface area contributed by atoms with Crippen molar-refractivity contribution in [3.63, 3.8) is 0 Å². The number of carbonyl (C=O) groups is 3. The topological polar surface area (TPSA) is 111 Å². The first-order chi connectivity index (χ1) is 13.8. The smallest absolute Gasteiger partial charge is 0.316 e. The van der Waals surface area contributed by atoms with Crippen molar-refractivity contribution >= 4 is 35.2 Å². The number of aromatic nitrogens is 2. The average Bonchev–Trinajstić information content (AvgIpc) is 2.93. The molecular formula is C19H24N4O5S. The van der Waals surface area contributed by atoms with Crippen LogP contribution in [0.3, 0.4) is 0 Å². The van der Waals surface area contributed by atoms with E-state index in [0.717, 1.165) is 11.8 Å². The molecule has 29 heavy (non-hydrogen) atoms. The second-order valence-corrected chi connectivity index (χ2v) is 7.54. The van der Waals surface area contributed by atoms with Gasteiger partial charge in [0.25, 0.3) is 11.5 Å². The van der Waals surface area contributed by atoms with Gasteiger partial charge in [-0.25, -0.2) is 4.68 Å². The van der Waals surface area contributed by atoms with Crippen molar-refractivity contribution in [3.05, 3.63) is 46.4 Å². The summed E-state index contributed by atoms with van der Waals surface area (Å²) in [6.45, 7) is 3.00. The van der Waals surface area contributed by atoms with E-state index in [9.17, 15) is 19.2 Å². The minimum Gasteiger partial charge on any atom is -0.455 e. The Hall–Kier alpha value is -3.01. The second-order valence-electron chi connectivity index (χ2n) is 6.21. The van der Waals surface area contributed by atoms with Crippen LogP contribution in [0.2, 0.25) is 0 Å². The molecule has 10 heteroatoms. The Morgan fingerprint density at radius 1 is 1.21 bits per heavy atom. The number of nitrogens with one attached hydrogen (secondary N) is 2. The average molecular weight is 420 g/mol. The second kappa shape index (κ2) is 9.97. The Morgan fingerprint density at radius 2 is 1.86 bits per heavy atom. The lowest BCUT2D eigenvalue weighted by molar-refractivity contribution is -0.145. The molecule has 1 aromatic heterocycles. The number of esters is 1. The molecule has 0 saturated carbocycles. The van der Waals surface area contributed by atoms with Gasteiger partial charge in [-0.05, 0) is 26.0 Å². The van der Waals surface area contributed by atoms with Crippen LogP contribution in [0.25, 0.3) is 5.69 Å². The zero-order valence-electron chi connectivity index (χ0n) is 16.7. The van der Waals surface area contributed by atoms with E-state index in [4.69, 9.17) is 4.74 Å². The summed E-state index contributed by atoms with van der Waals surface area (Å²) in [6, 6.07) is 9.10. The van der Waals surface area contributed by atoms with Gasteiger partial charge in [-0.1, -0.05) is 18.2 Å². The minimum atomic E-state index is -0.605. The fourth-order valence-corrected chi connectivity index (χ4v) is 3.15. The van der Waals surface area contributed by atoms with Crippen molar-refractivity contribution in [2.24, 2.45) is 7.05 Å². The molecule has 2 rings (SSSR count). The summed E-state index contributed by atoms with van der Waals surface area (Å²) >= 11 is 1.06. The van der Waals surface area contributed by atoms with E-state index in [1.807, 2.05) is 18.2 Å². The standard InChI is InChI=1S/C19H24N4O5S/c1-12-17(19(27)23(22(12)4)14-8-6-5-7-9-14)21-18(26)13(2)29-11-16(25)28-10-15(24)20-3/h5-9,13H,10-11H2,1-4H3,(H,20,24)(H,21,26)/t13-/m0/s1. The highest BCUT2D eigenvalue weighted by atomic mass is 32.2. The SMILES string of the molecule is CNC(=O)COC(=O)CS[C@@H](C)C(=O)Nc1c(C)n(C)n(-c2ccccc2)c1=O. The van der Waals surface area contributed by atoms with E-state index in [1.165, 1.54) is 11.7 Å². The summed E-state index contributed by atoms with van der Waals surface area (Å²) in [4.78, 5) is 48.0. The number of hydrogen-bond acceptors (Lipinski definition) is 6. The van der Waals surface area contributed by atoms with E-state index in [-0.39, 0.29) is 23.6 Å². The lowest BCUT2D eigenvalue weighted by Crippen LogP contribution is -2.28. The zero-order valence-corrected chi connectivity index (χ0v) is 17.5. The maximum Gasteiger partial charge on any atom is 0.316 e. The molecule has 2 amide bonds. The predicted octanol–water partition coefficient (Wildman–Crippen LogP) is 0.834. The van der Waals surface area contributed by atoms with Gasteiger partial charge in [0.15, 0.2) is 6.61 Å². The quantitative estimate of drug-likeness (QED) is 0.612. The Balaban J connectivity index is 2.03. The van der Waals surface area contributed by atoms with Crippen LogP contribution in [-0.4, -0.2) is 51.8 Å². The van der Waals surface area contributed by atoms with Gasteiger partial charge in [-0.15, -0.1) is 11.8 Å². The molecule has 1 aromatic carbocycles. The molecule has 0 aliphatic heterocycles. The number of benzene rings is 1. The van der Waals surface area contributed by atoms with E-state index < -0.39 is 23.0 Å². The van der Waals surface area contributed by atoms with Crippen molar-refractivity contribution in [2.45, 2.75) is 19.1 Å². The molecule has 0 aliphatic rings. The van der Waals surface area contributed by atoms with Gasteiger partial charge in [0.05, 0.1) is 22.4 Å². The lowest BCUT2D eigenvalue weighted by Gasteiger charge is -2.11. The lowest BCUT2D eigenvalue weighted by atomic mass is 10.3. The van der Waals surface area contributed by atoms with Crippen LogP contribution >= 0.6 is 11.8 Å². The molecule has 0 fully saturated rings. The fraction of sp³-hybridized carbons (Fsp3) is 0.368. The molecule has 2 aromatic rings. The van der Waals surface area contributed by atoms with Crippen LogP contribution in [0, 0.1) is 6.92 Å². The highest BCUT2D eigenvalue weighted by Crippen LogP contribution is 2.17. The summed E-state index contributed by atoms with van der Waals surface area (Å²) in [5.74, 6) is -1.50. The molecule has 156 valence electrons. The van der Waals surface area contributed by atoms with Crippen molar-refractivity contribution in [1.82, 2.24) is 14.7 Å². The molecule has 0 saturated heterocycles. The third kappa shape index (κ3) is 5.50. The van der Waals surface area contributed by atoms with Gasteiger partial charge >= 0.3 is 5.97 Å². The number of hydrogen-bond donors (Lipinski definition) is 2. The Morgan fingerprint density at radius 3 is 2.48 bits per heavy atom. The van der Waals surface area contributed by atoms with Crippen molar-refractivity contribution < 1.29 is 19.1 Å². The monoisotopic (exact) mass is 420 g/mol. The number of nitrogens with zero attached hydrogens (tertiary/aromatic N) is 2. The Kier molecular flexibility index (Phi) is 7.66. The van der Waals surface area contributed by atoms with Crippen LogP contribution in [0.15, 0.2) is 35.1 Å².